The van der Waals surface area contributed by atoms with Gasteiger partial charge in [0.2, 0.25) is 0 Å². The standard InChI is InChI=1S/C14H24N2O/c1-2-16(11-13-7-5-9-17-13)10-12-6-3-4-8-14(12)15/h5,7,9,12,14H,2-4,6,8,10-11,15H2,1H3. The van der Waals surface area contributed by atoms with Gasteiger partial charge >= 0.3 is 0 Å². The Morgan fingerprint density at radius 2 is 2.24 bits per heavy atom. The van der Waals surface area contributed by atoms with Gasteiger partial charge in [-0.15, -0.1) is 0 Å². The molecule has 0 aliphatic heterocycles. The Kier molecular flexibility index (Phi) is 4.63. The number of furan rings is 1. The summed E-state index contributed by atoms with van der Waals surface area (Å²) in [7, 11) is 0. The van der Waals surface area contributed by atoms with Crippen molar-refractivity contribution in [2.75, 3.05) is 13.1 Å². The van der Waals surface area contributed by atoms with Gasteiger partial charge in [-0.3, -0.25) is 4.90 Å². The fourth-order valence-corrected chi connectivity index (χ4v) is 2.72. The van der Waals surface area contributed by atoms with Crippen molar-refractivity contribution in [3.05, 3.63) is 24.2 Å². The van der Waals surface area contributed by atoms with E-state index in [1.807, 2.05) is 12.1 Å². The summed E-state index contributed by atoms with van der Waals surface area (Å²) in [4.78, 5) is 2.44. The Bertz CT molecular complexity index is 310. The van der Waals surface area contributed by atoms with E-state index in [4.69, 9.17) is 10.2 Å². The average Bonchev–Trinajstić information content (AvgIpc) is 2.84. The van der Waals surface area contributed by atoms with Gasteiger partial charge in [-0.1, -0.05) is 19.8 Å². The highest BCUT2D eigenvalue weighted by Gasteiger charge is 2.23. The molecular weight excluding hydrogens is 212 g/mol. The molecule has 0 amide bonds. The number of hydrogen-bond acceptors (Lipinski definition) is 3. The van der Waals surface area contributed by atoms with Crippen LogP contribution in [-0.2, 0) is 6.54 Å². The highest BCUT2D eigenvalue weighted by atomic mass is 16.3. The Morgan fingerprint density at radius 3 is 2.88 bits per heavy atom. The minimum Gasteiger partial charge on any atom is -0.468 e. The topological polar surface area (TPSA) is 42.4 Å². The molecule has 3 heteroatoms. The fourth-order valence-electron chi connectivity index (χ4n) is 2.72. The summed E-state index contributed by atoms with van der Waals surface area (Å²) in [6.07, 6.45) is 6.88. The molecule has 3 nitrogen and oxygen atoms in total. The van der Waals surface area contributed by atoms with Gasteiger partial charge in [0.05, 0.1) is 12.8 Å². The summed E-state index contributed by atoms with van der Waals surface area (Å²) in [6, 6.07) is 4.40. The summed E-state index contributed by atoms with van der Waals surface area (Å²) >= 11 is 0. The van der Waals surface area contributed by atoms with Crippen LogP contribution in [0.25, 0.3) is 0 Å². The first-order chi connectivity index (χ1) is 8.29. The van der Waals surface area contributed by atoms with E-state index < -0.39 is 0 Å². The van der Waals surface area contributed by atoms with E-state index in [0.717, 1.165) is 25.4 Å². The molecule has 1 heterocycles. The number of nitrogens with zero attached hydrogens (tertiary/aromatic N) is 1. The predicted molar refractivity (Wildman–Crippen MR) is 69.6 cm³/mol. The van der Waals surface area contributed by atoms with Crippen molar-refractivity contribution in [3.63, 3.8) is 0 Å². The van der Waals surface area contributed by atoms with Crippen LogP contribution in [0.15, 0.2) is 22.8 Å². The molecule has 2 rings (SSSR count). The van der Waals surface area contributed by atoms with E-state index in [0.29, 0.717) is 12.0 Å². The van der Waals surface area contributed by atoms with Gasteiger partial charge in [0.15, 0.2) is 0 Å². The SMILES string of the molecule is CCN(Cc1ccco1)CC1CCCCC1N. The van der Waals surface area contributed by atoms with Crippen LogP contribution in [0.4, 0.5) is 0 Å². The van der Waals surface area contributed by atoms with Crippen LogP contribution in [0.5, 0.6) is 0 Å². The van der Waals surface area contributed by atoms with Crippen LogP contribution in [0.1, 0.15) is 38.4 Å². The molecular formula is C14H24N2O. The molecule has 0 radical (unpaired) electrons. The quantitative estimate of drug-likeness (QED) is 0.854. The van der Waals surface area contributed by atoms with E-state index in [2.05, 4.69) is 11.8 Å². The summed E-state index contributed by atoms with van der Waals surface area (Å²) in [5.74, 6) is 1.72. The van der Waals surface area contributed by atoms with Crippen molar-refractivity contribution in [2.24, 2.45) is 11.7 Å². The van der Waals surface area contributed by atoms with Gasteiger partial charge in [0.1, 0.15) is 5.76 Å². The molecule has 0 spiro atoms. The smallest absolute Gasteiger partial charge is 0.117 e. The molecule has 2 N–H and O–H groups in total. The summed E-state index contributed by atoms with van der Waals surface area (Å²) in [5.41, 5.74) is 6.21. The summed E-state index contributed by atoms with van der Waals surface area (Å²) in [5, 5.41) is 0. The lowest BCUT2D eigenvalue weighted by Crippen LogP contribution is -2.41. The normalized spacial score (nSPS) is 25.4. The molecule has 17 heavy (non-hydrogen) atoms. The monoisotopic (exact) mass is 236 g/mol. The third-order valence-corrected chi connectivity index (χ3v) is 3.87. The van der Waals surface area contributed by atoms with Gasteiger partial charge < -0.3 is 10.2 Å². The molecule has 1 fully saturated rings. The molecule has 1 aliphatic rings. The molecule has 0 saturated heterocycles. The average molecular weight is 236 g/mol. The van der Waals surface area contributed by atoms with Crippen LogP contribution < -0.4 is 5.73 Å². The Hall–Kier alpha value is -0.800. The van der Waals surface area contributed by atoms with E-state index in [1.165, 1.54) is 25.7 Å². The molecule has 1 saturated carbocycles. The largest absolute Gasteiger partial charge is 0.468 e. The molecule has 1 aromatic heterocycles. The highest BCUT2D eigenvalue weighted by molar-refractivity contribution is 4.98. The third-order valence-electron chi connectivity index (χ3n) is 3.87. The van der Waals surface area contributed by atoms with Crippen LogP contribution >= 0.6 is 0 Å². The van der Waals surface area contributed by atoms with E-state index >= 15 is 0 Å². The van der Waals surface area contributed by atoms with Crippen LogP contribution in [0, 0.1) is 5.92 Å². The lowest BCUT2D eigenvalue weighted by molar-refractivity contribution is 0.175. The lowest BCUT2D eigenvalue weighted by atomic mass is 9.84. The molecule has 1 aliphatic carbocycles. The summed E-state index contributed by atoms with van der Waals surface area (Å²) < 4.78 is 5.41. The first-order valence-electron chi connectivity index (χ1n) is 6.80. The maximum absolute atomic E-state index is 6.21. The second-order valence-corrected chi connectivity index (χ2v) is 5.12. The molecule has 2 atom stereocenters. The Balaban J connectivity index is 1.86. The van der Waals surface area contributed by atoms with E-state index in [9.17, 15) is 0 Å². The maximum Gasteiger partial charge on any atom is 0.117 e. The zero-order chi connectivity index (χ0) is 12.1. The van der Waals surface area contributed by atoms with Crippen molar-refractivity contribution in [1.29, 1.82) is 0 Å². The third kappa shape index (κ3) is 3.58. The van der Waals surface area contributed by atoms with Crippen molar-refractivity contribution >= 4 is 0 Å². The molecule has 2 unspecified atom stereocenters. The van der Waals surface area contributed by atoms with Crippen LogP contribution in [0.3, 0.4) is 0 Å². The van der Waals surface area contributed by atoms with Gasteiger partial charge in [-0.05, 0) is 37.4 Å². The molecule has 0 aromatic carbocycles. The fraction of sp³-hybridized carbons (Fsp3) is 0.714. The zero-order valence-corrected chi connectivity index (χ0v) is 10.8. The first kappa shape index (κ1) is 12.7. The second kappa shape index (κ2) is 6.22. The minimum atomic E-state index is 0.398. The first-order valence-corrected chi connectivity index (χ1v) is 6.80. The minimum absolute atomic E-state index is 0.398. The van der Waals surface area contributed by atoms with Gasteiger partial charge in [0, 0.05) is 12.6 Å². The zero-order valence-electron chi connectivity index (χ0n) is 10.8. The molecule has 96 valence electrons. The van der Waals surface area contributed by atoms with E-state index in [1.54, 1.807) is 6.26 Å². The molecule has 1 aromatic rings. The number of hydrogen-bond donors (Lipinski definition) is 1. The number of nitrogens with two attached hydrogens (primary N) is 1. The molecule has 0 bridgehead atoms. The highest BCUT2D eigenvalue weighted by Crippen LogP contribution is 2.24. The van der Waals surface area contributed by atoms with Gasteiger partial charge in [-0.2, -0.15) is 0 Å². The number of rotatable bonds is 5. The Morgan fingerprint density at radius 1 is 1.41 bits per heavy atom. The lowest BCUT2D eigenvalue weighted by Gasteiger charge is -2.32. The maximum atomic E-state index is 6.21. The van der Waals surface area contributed by atoms with Crippen LogP contribution in [0.2, 0.25) is 0 Å². The van der Waals surface area contributed by atoms with Crippen molar-refractivity contribution in [2.45, 2.75) is 45.2 Å². The Labute approximate surface area is 104 Å². The second-order valence-electron chi connectivity index (χ2n) is 5.12. The van der Waals surface area contributed by atoms with Crippen molar-refractivity contribution in [1.82, 2.24) is 4.90 Å². The van der Waals surface area contributed by atoms with Crippen molar-refractivity contribution in [3.8, 4) is 0 Å². The van der Waals surface area contributed by atoms with Crippen molar-refractivity contribution < 1.29 is 4.42 Å². The van der Waals surface area contributed by atoms with Gasteiger partial charge in [-0.25, -0.2) is 0 Å². The van der Waals surface area contributed by atoms with Gasteiger partial charge in [0.25, 0.3) is 0 Å². The predicted octanol–water partition coefficient (Wildman–Crippen LogP) is 2.62. The summed E-state index contributed by atoms with van der Waals surface area (Å²) in [6.45, 7) is 5.28. The van der Waals surface area contributed by atoms with E-state index in [-0.39, 0.29) is 0 Å². The van der Waals surface area contributed by atoms with Crippen LogP contribution in [-0.4, -0.2) is 24.0 Å².